The van der Waals surface area contributed by atoms with Crippen LogP contribution in [0.1, 0.15) is 18.1 Å². The lowest BCUT2D eigenvalue weighted by Crippen LogP contribution is -1.84. The molecule has 2 aromatic carbocycles. The van der Waals surface area contributed by atoms with Crippen molar-refractivity contribution in [1.29, 1.82) is 0 Å². The minimum Gasteiger partial charge on any atom is -0.507 e. The predicted octanol–water partition coefficient (Wildman–Crippen LogP) is 4.02. The van der Waals surface area contributed by atoms with Gasteiger partial charge in [-0.15, -0.1) is 0 Å². The minimum atomic E-state index is 0.153. The molecule has 19 heavy (non-hydrogen) atoms. The summed E-state index contributed by atoms with van der Waals surface area (Å²) in [5, 5.41) is 19.6. The molecule has 2 N–H and O–H groups in total. The highest BCUT2D eigenvalue weighted by Gasteiger charge is 2.02. The number of benzene rings is 2. The number of phenolic OH excluding ortho intramolecular Hbond substituents is 2. The van der Waals surface area contributed by atoms with E-state index in [2.05, 4.69) is 27.6 Å². The van der Waals surface area contributed by atoms with Crippen molar-refractivity contribution in [1.82, 2.24) is 0 Å². The first kappa shape index (κ1) is 13.9. The lowest BCUT2D eigenvalue weighted by Gasteiger charge is -2.02. The predicted molar refractivity (Wildman–Crippen MR) is 85.6 cm³/mol. The van der Waals surface area contributed by atoms with Gasteiger partial charge in [-0.3, -0.25) is 4.99 Å². The fourth-order valence-electron chi connectivity index (χ4n) is 1.67. The number of aryl methyl sites for hydroxylation is 1. The molecule has 0 bridgehead atoms. The maximum Gasteiger partial charge on any atom is 0.141 e. The van der Waals surface area contributed by atoms with Gasteiger partial charge in [0.1, 0.15) is 17.2 Å². The highest BCUT2D eigenvalue weighted by Crippen LogP contribution is 2.28. The molecule has 3 nitrogen and oxygen atoms in total. The van der Waals surface area contributed by atoms with Crippen molar-refractivity contribution < 1.29 is 10.2 Å². The van der Waals surface area contributed by atoms with Gasteiger partial charge in [0.25, 0.3) is 0 Å². The Balaban J connectivity index is 2.30. The van der Waals surface area contributed by atoms with E-state index in [4.69, 9.17) is 0 Å². The molecular weight excluding hydrogens is 353 g/mol. The molecule has 0 heterocycles. The average Bonchev–Trinajstić information content (AvgIpc) is 2.40. The summed E-state index contributed by atoms with van der Waals surface area (Å²) in [6, 6.07) is 10.7. The van der Waals surface area contributed by atoms with Crippen molar-refractivity contribution in [2.24, 2.45) is 4.99 Å². The van der Waals surface area contributed by atoms with Gasteiger partial charge >= 0.3 is 0 Å². The Morgan fingerprint density at radius 2 is 1.89 bits per heavy atom. The van der Waals surface area contributed by atoms with E-state index in [1.165, 1.54) is 0 Å². The van der Waals surface area contributed by atoms with Crippen molar-refractivity contribution in [2.45, 2.75) is 13.3 Å². The number of halogens is 1. The SMILES string of the molecule is CCc1ccc(N=Cc2cc(I)ccc2O)c(O)c1. The van der Waals surface area contributed by atoms with E-state index in [0.717, 1.165) is 15.6 Å². The van der Waals surface area contributed by atoms with Gasteiger partial charge in [-0.1, -0.05) is 13.0 Å². The van der Waals surface area contributed by atoms with Crippen LogP contribution in [-0.2, 0) is 6.42 Å². The normalized spacial score (nSPS) is 11.1. The van der Waals surface area contributed by atoms with Gasteiger partial charge in [0.15, 0.2) is 0 Å². The summed E-state index contributed by atoms with van der Waals surface area (Å²) in [4.78, 5) is 4.22. The van der Waals surface area contributed by atoms with Gasteiger partial charge in [0.2, 0.25) is 0 Å². The molecule has 2 aromatic rings. The van der Waals surface area contributed by atoms with Gasteiger partial charge in [-0.25, -0.2) is 0 Å². The number of hydrogen-bond acceptors (Lipinski definition) is 3. The summed E-state index contributed by atoms with van der Waals surface area (Å²) >= 11 is 2.17. The maximum absolute atomic E-state index is 9.85. The second-order valence-corrected chi connectivity index (χ2v) is 5.38. The molecule has 0 saturated heterocycles. The molecule has 0 aliphatic carbocycles. The van der Waals surface area contributed by atoms with Gasteiger partial charge < -0.3 is 10.2 Å². The molecule has 0 aliphatic rings. The van der Waals surface area contributed by atoms with Crippen LogP contribution < -0.4 is 0 Å². The number of aromatic hydroxyl groups is 2. The quantitative estimate of drug-likeness (QED) is 0.636. The minimum absolute atomic E-state index is 0.153. The van der Waals surface area contributed by atoms with Crippen LogP contribution in [0.2, 0.25) is 0 Å². The molecule has 0 unspecified atom stereocenters. The molecule has 0 spiro atoms. The molecule has 0 atom stereocenters. The zero-order valence-electron chi connectivity index (χ0n) is 10.5. The standard InChI is InChI=1S/C15H14INO2/c1-2-10-3-5-13(15(19)7-10)17-9-11-8-12(16)4-6-14(11)18/h3-9,18-19H,2H2,1H3. The Labute approximate surface area is 125 Å². The van der Waals surface area contributed by atoms with Gasteiger partial charge in [0.05, 0.1) is 0 Å². The Bertz CT molecular complexity index is 624. The fraction of sp³-hybridized carbons (Fsp3) is 0.133. The van der Waals surface area contributed by atoms with E-state index in [9.17, 15) is 10.2 Å². The Hall–Kier alpha value is -1.56. The molecule has 0 aromatic heterocycles. The molecule has 0 saturated carbocycles. The van der Waals surface area contributed by atoms with Crippen molar-refractivity contribution in [3.63, 3.8) is 0 Å². The summed E-state index contributed by atoms with van der Waals surface area (Å²) in [5.41, 5.74) is 2.19. The summed E-state index contributed by atoms with van der Waals surface area (Å²) in [6.45, 7) is 2.03. The zero-order chi connectivity index (χ0) is 13.8. The second-order valence-electron chi connectivity index (χ2n) is 4.14. The molecule has 98 valence electrons. The van der Waals surface area contributed by atoms with Crippen LogP contribution in [0.5, 0.6) is 11.5 Å². The van der Waals surface area contributed by atoms with Crippen LogP contribution in [-0.4, -0.2) is 16.4 Å². The van der Waals surface area contributed by atoms with Crippen molar-refractivity contribution in [3.05, 3.63) is 51.1 Å². The number of rotatable bonds is 3. The number of phenols is 2. The van der Waals surface area contributed by atoms with E-state index in [1.54, 1.807) is 24.4 Å². The van der Waals surface area contributed by atoms with Crippen molar-refractivity contribution in [2.75, 3.05) is 0 Å². The first-order valence-corrected chi connectivity index (χ1v) is 7.02. The number of nitrogens with zero attached hydrogens (tertiary/aromatic N) is 1. The van der Waals surface area contributed by atoms with Crippen LogP contribution >= 0.6 is 22.6 Å². The van der Waals surface area contributed by atoms with Crippen LogP contribution in [0.4, 0.5) is 5.69 Å². The molecule has 0 amide bonds. The van der Waals surface area contributed by atoms with Crippen LogP contribution in [0.3, 0.4) is 0 Å². The summed E-state index contributed by atoms with van der Waals surface area (Å²) in [7, 11) is 0. The van der Waals surface area contributed by atoms with E-state index in [1.807, 2.05) is 25.1 Å². The van der Waals surface area contributed by atoms with Crippen LogP contribution in [0.15, 0.2) is 41.4 Å². The van der Waals surface area contributed by atoms with Gasteiger partial charge in [0, 0.05) is 15.3 Å². The highest BCUT2D eigenvalue weighted by atomic mass is 127. The zero-order valence-corrected chi connectivity index (χ0v) is 12.6. The topological polar surface area (TPSA) is 52.8 Å². The summed E-state index contributed by atoms with van der Waals surface area (Å²) < 4.78 is 1.02. The Morgan fingerprint density at radius 3 is 2.58 bits per heavy atom. The van der Waals surface area contributed by atoms with E-state index < -0.39 is 0 Å². The van der Waals surface area contributed by atoms with Crippen molar-refractivity contribution in [3.8, 4) is 11.5 Å². The summed E-state index contributed by atoms with van der Waals surface area (Å²) in [6.07, 6.45) is 2.42. The van der Waals surface area contributed by atoms with Crippen molar-refractivity contribution >= 4 is 34.5 Å². The molecule has 0 radical (unpaired) electrons. The van der Waals surface area contributed by atoms with Crippen LogP contribution in [0.25, 0.3) is 0 Å². The first-order chi connectivity index (χ1) is 9.10. The first-order valence-electron chi connectivity index (χ1n) is 5.94. The molecule has 2 rings (SSSR count). The van der Waals surface area contributed by atoms with E-state index in [0.29, 0.717) is 11.3 Å². The summed E-state index contributed by atoms with van der Waals surface area (Å²) in [5.74, 6) is 0.328. The van der Waals surface area contributed by atoms with Gasteiger partial charge in [-0.2, -0.15) is 0 Å². The largest absolute Gasteiger partial charge is 0.507 e. The number of aliphatic imine (C=N–C) groups is 1. The van der Waals surface area contributed by atoms with Gasteiger partial charge in [-0.05, 0) is 64.9 Å². The highest BCUT2D eigenvalue weighted by molar-refractivity contribution is 14.1. The lowest BCUT2D eigenvalue weighted by molar-refractivity contribution is 0.473. The van der Waals surface area contributed by atoms with E-state index >= 15 is 0 Å². The Kier molecular flexibility index (Phi) is 4.42. The monoisotopic (exact) mass is 367 g/mol. The molecule has 0 fully saturated rings. The van der Waals surface area contributed by atoms with Crippen LogP contribution in [0, 0.1) is 3.57 Å². The third kappa shape index (κ3) is 3.47. The van der Waals surface area contributed by atoms with E-state index in [-0.39, 0.29) is 11.5 Å². The fourth-order valence-corrected chi connectivity index (χ4v) is 2.18. The third-order valence-corrected chi connectivity index (χ3v) is 3.45. The molecule has 0 aliphatic heterocycles. The second kappa shape index (κ2) is 6.06. The number of hydrogen-bond donors (Lipinski definition) is 2. The lowest BCUT2D eigenvalue weighted by atomic mass is 10.1. The third-order valence-electron chi connectivity index (χ3n) is 2.78. The average molecular weight is 367 g/mol. The smallest absolute Gasteiger partial charge is 0.141 e. The molecule has 4 heteroatoms. The maximum atomic E-state index is 9.85. The Morgan fingerprint density at radius 1 is 1.11 bits per heavy atom. The molecular formula is C15H14INO2.